The van der Waals surface area contributed by atoms with Crippen LogP contribution in [0.4, 0.5) is 5.00 Å². The molecule has 0 unspecified atom stereocenters. The molecular formula is C26H23Cl3N4O4S2. The molecule has 8 nitrogen and oxygen atoms in total. The predicted octanol–water partition coefficient (Wildman–Crippen LogP) is 7.03. The lowest BCUT2D eigenvalue weighted by atomic mass is 10.0. The van der Waals surface area contributed by atoms with Gasteiger partial charge in [-0.15, -0.1) is 21.5 Å². The zero-order chi connectivity index (χ0) is 27.9. The van der Waals surface area contributed by atoms with Crippen molar-refractivity contribution >= 4 is 74.8 Å². The number of thiophene rings is 1. The number of aryl methyl sites for hydroxylation is 1. The fourth-order valence-corrected chi connectivity index (χ4v) is 5.87. The van der Waals surface area contributed by atoms with E-state index in [1.165, 1.54) is 30.2 Å². The Morgan fingerprint density at radius 1 is 1.08 bits per heavy atom. The average Bonchev–Trinajstić information content (AvgIpc) is 3.49. The van der Waals surface area contributed by atoms with Crippen LogP contribution in [0.5, 0.6) is 5.75 Å². The number of methoxy groups -OCH3 is 1. The molecule has 39 heavy (non-hydrogen) atoms. The number of anilines is 1. The van der Waals surface area contributed by atoms with Gasteiger partial charge in [-0.05, 0) is 42.3 Å². The van der Waals surface area contributed by atoms with Gasteiger partial charge in [-0.2, -0.15) is 0 Å². The van der Waals surface area contributed by atoms with E-state index in [0.717, 1.165) is 11.4 Å². The first-order chi connectivity index (χ1) is 18.8. The van der Waals surface area contributed by atoms with Gasteiger partial charge >= 0.3 is 5.97 Å². The summed E-state index contributed by atoms with van der Waals surface area (Å²) < 4.78 is 12.5. The normalized spacial score (nSPS) is 10.9. The molecule has 13 heteroatoms. The molecule has 0 radical (unpaired) electrons. The Labute approximate surface area is 248 Å². The first kappa shape index (κ1) is 29.2. The maximum atomic E-state index is 12.8. The summed E-state index contributed by atoms with van der Waals surface area (Å²) in [7, 11) is 3.15. The van der Waals surface area contributed by atoms with Gasteiger partial charge in [-0.25, -0.2) is 4.79 Å². The molecule has 0 atom stereocenters. The summed E-state index contributed by atoms with van der Waals surface area (Å²) in [6.07, 6.45) is 1.33. The lowest BCUT2D eigenvalue weighted by Crippen LogP contribution is -2.16. The summed E-state index contributed by atoms with van der Waals surface area (Å²) in [6.45, 7) is 0.445. The summed E-state index contributed by atoms with van der Waals surface area (Å²) in [5, 5.41) is 15.7. The summed E-state index contributed by atoms with van der Waals surface area (Å²) in [6, 6.07) is 12.2. The van der Waals surface area contributed by atoms with Crippen molar-refractivity contribution in [2.75, 3.05) is 24.8 Å². The SMILES string of the molecule is COC(=O)c1c(-c2ccc(Cl)cc2)csc1NC(=O)CSc1nnc(CCCOc2ccc(Cl)cc2Cl)n1C. The maximum absolute atomic E-state index is 12.8. The van der Waals surface area contributed by atoms with Gasteiger partial charge in [0, 0.05) is 34.5 Å². The van der Waals surface area contributed by atoms with Crippen LogP contribution in [0.2, 0.25) is 15.1 Å². The fraction of sp³-hybridized carbons (Fsp3) is 0.231. The lowest BCUT2D eigenvalue weighted by molar-refractivity contribution is -0.113. The van der Waals surface area contributed by atoms with Crippen LogP contribution in [0.15, 0.2) is 53.0 Å². The number of thioether (sulfide) groups is 1. The zero-order valence-corrected chi connectivity index (χ0v) is 24.8. The molecule has 1 amide bonds. The van der Waals surface area contributed by atoms with Gasteiger partial charge in [0.1, 0.15) is 22.1 Å². The van der Waals surface area contributed by atoms with Gasteiger partial charge in [0.25, 0.3) is 0 Å². The van der Waals surface area contributed by atoms with Crippen molar-refractivity contribution in [3.8, 4) is 16.9 Å². The van der Waals surface area contributed by atoms with Crippen molar-refractivity contribution in [2.24, 2.45) is 7.05 Å². The Hall–Kier alpha value is -2.76. The molecule has 4 aromatic rings. The Kier molecular flexibility index (Phi) is 10.1. The summed E-state index contributed by atoms with van der Waals surface area (Å²) in [5.41, 5.74) is 1.75. The topological polar surface area (TPSA) is 95.3 Å². The first-order valence-electron chi connectivity index (χ1n) is 11.6. The van der Waals surface area contributed by atoms with E-state index in [1.807, 2.05) is 23.7 Å². The maximum Gasteiger partial charge on any atom is 0.341 e. The summed E-state index contributed by atoms with van der Waals surface area (Å²) in [4.78, 5) is 25.3. The molecule has 0 saturated carbocycles. The zero-order valence-electron chi connectivity index (χ0n) is 20.9. The molecule has 0 aliphatic carbocycles. The highest BCUT2D eigenvalue weighted by atomic mass is 35.5. The third-order valence-electron chi connectivity index (χ3n) is 5.54. The smallest absolute Gasteiger partial charge is 0.341 e. The van der Waals surface area contributed by atoms with Gasteiger partial charge in [0.05, 0.1) is 24.5 Å². The molecule has 0 fully saturated rings. The van der Waals surface area contributed by atoms with Crippen LogP contribution < -0.4 is 10.1 Å². The quantitative estimate of drug-likeness (QED) is 0.109. The third kappa shape index (κ3) is 7.46. The minimum absolute atomic E-state index is 0.0823. The van der Waals surface area contributed by atoms with Crippen LogP contribution in [0.3, 0.4) is 0 Å². The number of carbonyl (C=O) groups excluding carboxylic acids is 2. The Morgan fingerprint density at radius 2 is 1.82 bits per heavy atom. The molecule has 0 spiro atoms. The van der Waals surface area contributed by atoms with Crippen LogP contribution in [0.25, 0.3) is 11.1 Å². The van der Waals surface area contributed by atoms with E-state index in [1.54, 1.807) is 35.7 Å². The number of rotatable bonds is 11. The Bertz CT molecular complexity index is 1470. The van der Waals surface area contributed by atoms with E-state index in [4.69, 9.17) is 44.3 Å². The second kappa shape index (κ2) is 13.5. The standard InChI is InChI=1S/C26H23Cl3N4O4S2/c1-33-21(4-3-11-37-20-10-9-17(28)12-19(20)29)31-32-26(33)39-14-22(34)30-24-23(25(35)36-2)18(13-38-24)15-5-7-16(27)8-6-15/h5-10,12-13H,3-4,11,14H2,1-2H3,(H,30,34). The monoisotopic (exact) mass is 624 g/mol. The number of carbonyl (C=O) groups is 2. The Balaban J connectivity index is 1.32. The number of benzene rings is 2. The van der Waals surface area contributed by atoms with Gasteiger partial charge in [0.2, 0.25) is 5.91 Å². The summed E-state index contributed by atoms with van der Waals surface area (Å²) in [5.74, 6) is 0.598. The largest absolute Gasteiger partial charge is 0.492 e. The van der Waals surface area contributed by atoms with Crippen molar-refractivity contribution in [3.63, 3.8) is 0 Å². The van der Waals surface area contributed by atoms with Crippen molar-refractivity contribution in [1.29, 1.82) is 0 Å². The second-order valence-corrected chi connectivity index (χ2v) is 11.3. The van der Waals surface area contributed by atoms with Crippen LogP contribution in [-0.4, -0.2) is 46.1 Å². The third-order valence-corrected chi connectivity index (χ3v) is 8.24. The molecule has 4 rings (SSSR count). The first-order valence-corrected chi connectivity index (χ1v) is 14.6. The van der Waals surface area contributed by atoms with E-state index >= 15 is 0 Å². The van der Waals surface area contributed by atoms with E-state index in [9.17, 15) is 9.59 Å². The molecule has 0 aliphatic rings. The minimum atomic E-state index is -0.538. The lowest BCUT2D eigenvalue weighted by Gasteiger charge is -2.09. The fourth-order valence-electron chi connectivity index (χ4n) is 3.58. The van der Waals surface area contributed by atoms with Crippen molar-refractivity contribution in [2.45, 2.75) is 18.0 Å². The number of hydrogen-bond acceptors (Lipinski definition) is 8. The van der Waals surface area contributed by atoms with E-state index in [2.05, 4.69) is 15.5 Å². The number of hydrogen-bond donors (Lipinski definition) is 1. The van der Waals surface area contributed by atoms with Crippen molar-refractivity contribution in [1.82, 2.24) is 14.8 Å². The highest BCUT2D eigenvalue weighted by molar-refractivity contribution is 7.99. The molecule has 0 aliphatic heterocycles. The number of ether oxygens (including phenoxy) is 2. The summed E-state index contributed by atoms with van der Waals surface area (Å²) >= 11 is 20.5. The minimum Gasteiger partial charge on any atom is -0.492 e. The second-order valence-electron chi connectivity index (χ2n) is 8.17. The highest BCUT2D eigenvalue weighted by Gasteiger charge is 2.23. The van der Waals surface area contributed by atoms with E-state index in [0.29, 0.717) is 61.6 Å². The van der Waals surface area contributed by atoms with Crippen LogP contribution in [0, 0.1) is 0 Å². The van der Waals surface area contributed by atoms with Crippen molar-refractivity contribution in [3.05, 3.63) is 74.3 Å². The van der Waals surface area contributed by atoms with Gasteiger partial charge in [0.15, 0.2) is 5.16 Å². The molecule has 1 N–H and O–H groups in total. The number of nitrogens with one attached hydrogen (secondary N) is 1. The number of halogens is 3. The van der Waals surface area contributed by atoms with Gasteiger partial charge < -0.3 is 19.4 Å². The van der Waals surface area contributed by atoms with Crippen molar-refractivity contribution < 1.29 is 19.1 Å². The number of aromatic nitrogens is 3. The van der Waals surface area contributed by atoms with Crippen LogP contribution in [-0.2, 0) is 23.0 Å². The number of esters is 1. The number of nitrogens with zero attached hydrogens (tertiary/aromatic N) is 3. The van der Waals surface area contributed by atoms with E-state index < -0.39 is 5.97 Å². The van der Waals surface area contributed by atoms with Gasteiger partial charge in [-0.3, -0.25) is 4.79 Å². The molecule has 0 saturated heterocycles. The average molecular weight is 626 g/mol. The van der Waals surface area contributed by atoms with Crippen LogP contribution in [0.1, 0.15) is 22.6 Å². The van der Waals surface area contributed by atoms with Crippen LogP contribution >= 0.6 is 57.9 Å². The predicted molar refractivity (Wildman–Crippen MR) is 157 cm³/mol. The number of amides is 1. The molecule has 2 aromatic heterocycles. The molecule has 204 valence electrons. The molecular weight excluding hydrogens is 603 g/mol. The molecule has 2 heterocycles. The molecule has 2 aromatic carbocycles. The highest BCUT2D eigenvalue weighted by Crippen LogP contribution is 2.37. The van der Waals surface area contributed by atoms with Gasteiger partial charge in [-0.1, -0.05) is 58.7 Å². The molecule has 0 bridgehead atoms. The van der Waals surface area contributed by atoms with E-state index in [-0.39, 0.29) is 11.7 Å². The Morgan fingerprint density at radius 3 is 2.54 bits per heavy atom.